The van der Waals surface area contributed by atoms with Gasteiger partial charge in [0.25, 0.3) is 0 Å². The van der Waals surface area contributed by atoms with E-state index in [2.05, 4.69) is 27.3 Å². The van der Waals surface area contributed by atoms with Gasteiger partial charge in [-0.3, -0.25) is 0 Å². The Morgan fingerprint density at radius 3 is 2.68 bits per heavy atom. The van der Waals surface area contributed by atoms with Crippen LogP contribution < -0.4 is 4.90 Å². The average molecular weight is 299 g/mol. The second-order valence-corrected chi connectivity index (χ2v) is 6.63. The summed E-state index contributed by atoms with van der Waals surface area (Å²) in [6.45, 7) is 3.54. The highest BCUT2D eigenvalue weighted by Gasteiger charge is 2.50. The number of tetrazole rings is 1. The molecule has 6 nitrogen and oxygen atoms in total. The molecule has 2 aromatic rings. The van der Waals surface area contributed by atoms with Crippen molar-refractivity contribution in [2.45, 2.75) is 31.8 Å². The van der Waals surface area contributed by atoms with Gasteiger partial charge in [0.05, 0.1) is 17.8 Å². The first kappa shape index (κ1) is 13.7. The van der Waals surface area contributed by atoms with Gasteiger partial charge in [-0.1, -0.05) is 36.6 Å². The summed E-state index contributed by atoms with van der Waals surface area (Å²) < 4.78 is 1.75. The molecule has 1 aromatic heterocycles. The van der Waals surface area contributed by atoms with Crippen LogP contribution in [0.25, 0.3) is 5.69 Å². The van der Waals surface area contributed by atoms with Crippen molar-refractivity contribution in [1.29, 1.82) is 0 Å². The number of β-amino-alcohol motifs (C(OH)–C–C–N with tert-alkyl or cyclic N) is 1. The third-order valence-corrected chi connectivity index (χ3v) is 5.34. The molecule has 0 unspecified atom stereocenters. The summed E-state index contributed by atoms with van der Waals surface area (Å²) in [6.07, 6.45) is 3.51. The van der Waals surface area contributed by atoms with E-state index in [4.69, 9.17) is 0 Å². The van der Waals surface area contributed by atoms with Crippen LogP contribution in [0.3, 0.4) is 0 Å². The standard InChI is InChI=1S/C16H21N5O/c1-12-10-20(11-16(12,22)13-6-5-7-13)15-17-18-19-21(15)14-8-3-2-4-9-14/h2-4,8-9,12-13,22H,5-7,10-11H2,1H3/t12-,16+/m1/s1. The van der Waals surface area contributed by atoms with E-state index in [1.807, 2.05) is 30.3 Å². The van der Waals surface area contributed by atoms with Crippen LogP contribution in [0.1, 0.15) is 26.2 Å². The molecule has 0 bridgehead atoms. The molecule has 22 heavy (non-hydrogen) atoms. The number of hydrogen-bond acceptors (Lipinski definition) is 5. The third kappa shape index (κ3) is 2.01. The van der Waals surface area contributed by atoms with Gasteiger partial charge < -0.3 is 10.0 Å². The first-order chi connectivity index (χ1) is 10.7. The van der Waals surface area contributed by atoms with E-state index in [0.29, 0.717) is 18.4 Å². The number of hydrogen-bond donors (Lipinski definition) is 1. The minimum atomic E-state index is -0.605. The van der Waals surface area contributed by atoms with Gasteiger partial charge in [-0.05, 0) is 41.3 Å². The van der Waals surface area contributed by atoms with Crippen molar-refractivity contribution in [2.75, 3.05) is 18.0 Å². The van der Waals surface area contributed by atoms with E-state index in [0.717, 1.165) is 25.1 Å². The number of nitrogens with zero attached hydrogens (tertiary/aromatic N) is 5. The number of aromatic nitrogens is 4. The maximum atomic E-state index is 11.1. The zero-order valence-corrected chi connectivity index (χ0v) is 12.8. The fourth-order valence-electron chi connectivity index (χ4n) is 3.72. The van der Waals surface area contributed by atoms with E-state index < -0.39 is 5.60 Å². The Morgan fingerprint density at radius 2 is 2.00 bits per heavy atom. The summed E-state index contributed by atoms with van der Waals surface area (Å²) in [5.41, 5.74) is 0.334. The Balaban J connectivity index is 1.63. The van der Waals surface area contributed by atoms with Gasteiger partial charge >= 0.3 is 0 Å². The molecular formula is C16H21N5O. The smallest absolute Gasteiger partial charge is 0.250 e. The molecular weight excluding hydrogens is 278 g/mol. The van der Waals surface area contributed by atoms with Crippen LogP contribution in [-0.2, 0) is 0 Å². The molecule has 2 aliphatic rings. The highest BCUT2D eigenvalue weighted by Crippen LogP contribution is 2.44. The zero-order valence-electron chi connectivity index (χ0n) is 12.8. The molecule has 0 spiro atoms. The summed E-state index contributed by atoms with van der Waals surface area (Å²) in [5.74, 6) is 1.38. The molecule has 4 rings (SSSR count). The van der Waals surface area contributed by atoms with Crippen LogP contribution in [0.15, 0.2) is 30.3 Å². The van der Waals surface area contributed by atoms with Gasteiger partial charge in [-0.25, -0.2) is 0 Å². The minimum absolute atomic E-state index is 0.235. The maximum absolute atomic E-state index is 11.1. The zero-order chi connectivity index (χ0) is 15.2. The first-order valence-electron chi connectivity index (χ1n) is 7.99. The molecule has 1 aromatic carbocycles. The molecule has 2 atom stereocenters. The topological polar surface area (TPSA) is 67.1 Å². The van der Waals surface area contributed by atoms with E-state index >= 15 is 0 Å². The van der Waals surface area contributed by atoms with Gasteiger partial charge in [0.1, 0.15) is 0 Å². The summed E-state index contributed by atoms with van der Waals surface area (Å²) in [5, 5.41) is 23.2. The first-order valence-corrected chi connectivity index (χ1v) is 7.99. The maximum Gasteiger partial charge on any atom is 0.250 e. The summed E-state index contributed by atoms with van der Waals surface area (Å²) in [7, 11) is 0. The fourth-order valence-corrected chi connectivity index (χ4v) is 3.72. The van der Waals surface area contributed by atoms with Gasteiger partial charge in [-0.2, -0.15) is 4.68 Å². The fraction of sp³-hybridized carbons (Fsp3) is 0.562. The van der Waals surface area contributed by atoms with Crippen LogP contribution in [0, 0.1) is 11.8 Å². The normalized spacial score (nSPS) is 28.8. The highest BCUT2D eigenvalue weighted by molar-refractivity contribution is 5.42. The van der Waals surface area contributed by atoms with Crippen LogP contribution in [0.2, 0.25) is 0 Å². The number of aliphatic hydroxyl groups is 1. The molecule has 1 N–H and O–H groups in total. The lowest BCUT2D eigenvalue weighted by Crippen LogP contribution is -2.47. The lowest BCUT2D eigenvalue weighted by Gasteiger charge is -2.41. The van der Waals surface area contributed by atoms with Crippen molar-refractivity contribution >= 4 is 5.95 Å². The second-order valence-electron chi connectivity index (χ2n) is 6.63. The molecule has 2 heterocycles. The van der Waals surface area contributed by atoms with Gasteiger partial charge in [0.15, 0.2) is 0 Å². The Morgan fingerprint density at radius 1 is 1.23 bits per heavy atom. The predicted molar refractivity (Wildman–Crippen MR) is 82.8 cm³/mol. The average Bonchev–Trinajstić information content (AvgIpc) is 3.04. The van der Waals surface area contributed by atoms with E-state index in [9.17, 15) is 5.11 Å². The van der Waals surface area contributed by atoms with Crippen LogP contribution in [0.4, 0.5) is 5.95 Å². The van der Waals surface area contributed by atoms with Gasteiger partial charge in [0, 0.05) is 12.5 Å². The van der Waals surface area contributed by atoms with Gasteiger partial charge in [0.2, 0.25) is 5.95 Å². The number of benzene rings is 1. The second kappa shape index (κ2) is 5.05. The van der Waals surface area contributed by atoms with E-state index in [1.165, 1.54) is 6.42 Å². The third-order valence-electron chi connectivity index (χ3n) is 5.34. The molecule has 1 aliphatic carbocycles. The van der Waals surface area contributed by atoms with Crippen LogP contribution >= 0.6 is 0 Å². The summed E-state index contributed by atoms with van der Waals surface area (Å²) in [6, 6.07) is 9.88. The summed E-state index contributed by atoms with van der Waals surface area (Å²) >= 11 is 0. The Kier molecular flexibility index (Phi) is 3.14. The van der Waals surface area contributed by atoms with E-state index in [-0.39, 0.29) is 5.92 Å². The largest absolute Gasteiger partial charge is 0.387 e. The van der Waals surface area contributed by atoms with Crippen LogP contribution in [-0.4, -0.2) is 44.0 Å². The molecule has 0 radical (unpaired) electrons. The van der Waals surface area contributed by atoms with Crippen molar-refractivity contribution in [2.24, 2.45) is 11.8 Å². The molecule has 116 valence electrons. The van der Waals surface area contributed by atoms with Gasteiger partial charge in [-0.15, -0.1) is 0 Å². The molecule has 1 saturated heterocycles. The van der Waals surface area contributed by atoms with E-state index in [1.54, 1.807) is 4.68 Å². The molecule has 2 fully saturated rings. The van der Waals surface area contributed by atoms with Crippen molar-refractivity contribution in [3.8, 4) is 5.69 Å². The van der Waals surface area contributed by atoms with Crippen molar-refractivity contribution < 1.29 is 5.11 Å². The van der Waals surface area contributed by atoms with Crippen LogP contribution in [0.5, 0.6) is 0 Å². The van der Waals surface area contributed by atoms with Crippen molar-refractivity contribution in [3.63, 3.8) is 0 Å². The lowest BCUT2D eigenvalue weighted by atomic mass is 9.69. The predicted octanol–water partition coefficient (Wildman–Crippen LogP) is 1.65. The number of para-hydroxylation sites is 1. The lowest BCUT2D eigenvalue weighted by molar-refractivity contribution is -0.0615. The number of rotatable bonds is 3. The SMILES string of the molecule is C[C@@H]1CN(c2nnnn2-c2ccccc2)C[C@@]1(O)C1CCC1. The Hall–Kier alpha value is -1.95. The highest BCUT2D eigenvalue weighted by atomic mass is 16.3. The molecule has 0 amide bonds. The monoisotopic (exact) mass is 299 g/mol. The molecule has 6 heteroatoms. The molecule has 1 saturated carbocycles. The minimum Gasteiger partial charge on any atom is -0.387 e. The number of anilines is 1. The Bertz CT molecular complexity index is 654. The Labute approximate surface area is 129 Å². The van der Waals surface area contributed by atoms with Crippen molar-refractivity contribution in [1.82, 2.24) is 20.2 Å². The quantitative estimate of drug-likeness (QED) is 0.933. The molecule has 1 aliphatic heterocycles. The summed E-state index contributed by atoms with van der Waals surface area (Å²) in [4.78, 5) is 2.12. The van der Waals surface area contributed by atoms with Crippen molar-refractivity contribution in [3.05, 3.63) is 30.3 Å².